The van der Waals surface area contributed by atoms with Gasteiger partial charge in [-0.3, -0.25) is 4.79 Å². The number of sulfonamides is 1. The van der Waals surface area contributed by atoms with Gasteiger partial charge in [-0.15, -0.1) is 0 Å². The molecule has 0 aromatic heterocycles. The number of rotatable bonds is 7. The molecular weight excluding hydrogens is 437 g/mol. The number of benzene rings is 1. The molecule has 2 aliphatic rings. The molecule has 1 amide bonds. The van der Waals surface area contributed by atoms with E-state index in [9.17, 15) is 13.2 Å². The highest BCUT2D eigenvalue weighted by Crippen LogP contribution is 2.37. The number of halogens is 2. The van der Waals surface area contributed by atoms with Gasteiger partial charge in [0.05, 0.1) is 11.5 Å². The monoisotopic (exact) mass is 463 g/mol. The third-order valence-electron chi connectivity index (χ3n) is 5.65. The minimum atomic E-state index is -3.96. The average Bonchev–Trinajstić information content (AvgIpc) is 2.74. The predicted octanol–water partition coefficient (Wildman–Crippen LogP) is 2.23. The number of piperidine rings is 1. The van der Waals surface area contributed by atoms with Crippen LogP contribution in [0.4, 0.5) is 0 Å². The van der Waals surface area contributed by atoms with Gasteiger partial charge < -0.3 is 15.0 Å². The lowest BCUT2D eigenvalue weighted by Crippen LogP contribution is -2.55. The van der Waals surface area contributed by atoms with E-state index in [0.717, 1.165) is 6.42 Å². The first-order valence-corrected chi connectivity index (χ1v) is 11.9. The zero-order valence-corrected chi connectivity index (χ0v) is 18.9. The van der Waals surface area contributed by atoms with Gasteiger partial charge in [0.1, 0.15) is 6.04 Å². The summed E-state index contributed by atoms with van der Waals surface area (Å²) in [5.74, 6) is -0.197. The van der Waals surface area contributed by atoms with Crippen molar-refractivity contribution in [2.75, 3.05) is 40.4 Å². The Balaban J connectivity index is 2.07. The average molecular weight is 464 g/mol. The van der Waals surface area contributed by atoms with Gasteiger partial charge in [0.15, 0.2) is 0 Å². The van der Waals surface area contributed by atoms with Crippen molar-refractivity contribution >= 4 is 39.1 Å². The Bertz CT molecular complexity index is 832. The van der Waals surface area contributed by atoms with E-state index >= 15 is 0 Å². The number of amides is 1. The van der Waals surface area contributed by atoms with Gasteiger partial charge in [0.2, 0.25) is 15.9 Å². The van der Waals surface area contributed by atoms with Crippen LogP contribution in [0.1, 0.15) is 19.3 Å². The number of fused-ring (bicyclic) bond motifs is 2. The molecule has 10 heteroatoms. The second-order valence-corrected chi connectivity index (χ2v) is 10.3. The number of carbonyl (C=O) groups is 1. The lowest BCUT2D eigenvalue weighted by molar-refractivity contribution is -0.135. The van der Waals surface area contributed by atoms with Crippen molar-refractivity contribution in [3.05, 3.63) is 28.2 Å². The zero-order valence-electron chi connectivity index (χ0n) is 16.6. The number of ether oxygens (including phenoxy) is 1. The molecule has 29 heavy (non-hydrogen) atoms. The van der Waals surface area contributed by atoms with Gasteiger partial charge in [-0.2, -0.15) is 4.31 Å². The maximum Gasteiger partial charge on any atom is 0.244 e. The molecule has 162 valence electrons. The Morgan fingerprint density at radius 3 is 2.52 bits per heavy atom. The van der Waals surface area contributed by atoms with Gasteiger partial charge in [0, 0.05) is 48.7 Å². The van der Waals surface area contributed by atoms with E-state index in [1.807, 2.05) is 7.05 Å². The molecular formula is C19H27Cl2N3O4S. The summed E-state index contributed by atoms with van der Waals surface area (Å²) in [5, 5.41) is 3.65. The SMILES string of the molecule is CNC[C@H]1CN(CCOC)C(=O)C2CCC[C@@H]1N2S(=O)(=O)c1cc(Cl)cc(Cl)c1. The lowest BCUT2D eigenvalue weighted by Gasteiger charge is -2.40. The Hall–Kier alpha value is -0.900. The molecule has 1 N–H and O–H groups in total. The number of nitrogens with one attached hydrogen (secondary N) is 1. The molecule has 7 nitrogen and oxygen atoms in total. The van der Waals surface area contributed by atoms with Gasteiger partial charge in [0.25, 0.3) is 0 Å². The van der Waals surface area contributed by atoms with Crippen LogP contribution in [0.2, 0.25) is 10.0 Å². The van der Waals surface area contributed by atoms with Crippen molar-refractivity contribution in [1.29, 1.82) is 0 Å². The fourth-order valence-electron chi connectivity index (χ4n) is 4.40. The number of nitrogens with zero attached hydrogens (tertiary/aromatic N) is 2. The standard InChI is InChI=1S/C19H27Cl2N3O4S/c1-22-11-13-12-23(6-7-28-2)19(25)18-5-3-4-17(13)24(18)29(26,27)16-9-14(20)8-15(21)10-16/h8-10,13,17-18,22H,3-7,11-12H2,1-2H3/t13-,17-,18?/m0/s1. The first-order valence-electron chi connectivity index (χ1n) is 9.71. The smallest absolute Gasteiger partial charge is 0.244 e. The van der Waals surface area contributed by atoms with Crippen LogP contribution in [-0.4, -0.2) is 76.0 Å². The maximum atomic E-state index is 13.7. The van der Waals surface area contributed by atoms with E-state index in [1.165, 1.54) is 22.5 Å². The van der Waals surface area contributed by atoms with Crippen molar-refractivity contribution < 1.29 is 17.9 Å². The first-order chi connectivity index (χ1) is 13.8. The van der Waals surface area contributed by atoms with Gasteiger partial charge in [-0.1, -0.05) is 23.2 Å². The molecule has 2 saturated heterocycles. The molecule has 2 aliphatic heterocycles. The van der Waals surface area contributed by atoms with Crippen LogP contribution in [0.25, 0.3) is 0 Å². The molecule has 3 rings (SSSR count). The van der Waals surface area contributed by atoms with Crippen molar-refractivity contribution in [2.24, 2.45) is 5.92 Å². The number of hydrogen-bond acceptors (Lipinski definition) is 5. The maximum absolute atomic E-state index is 13.7. The molecule has 1 aromatic carbocycles. The fourth-order valence-corrected chi connectivity index (χ4v) is 7.01. The van der Waals surface area contributed by atoms with Crippen LogP contribution < -0.4 is 5.32 Å². The molecule has 1 unspecified atom stereocenters. The second kappa shape index (κ2) is 9.49. The Labute approximate surface area is 182 Å². The summed E-state index contributed by atoms with van der Waals surface area (Å²) in [4.78, 5) is 15.1. The lowest BCUT2D eigenvalue weighted by atomic mass is 9.90. The van der Waals surface area contributed by atoms with E-state index in [4.69, 9.17) is 27.9 Å². The largest absolute Gasteiger partial charge is 0.383 e. The highest BCUT2D eigenvalue weighted by atomic mass is 35.5. The molecule has 0 saturated carbocycles. The van der Waals surface area contributed by atoms with E-state index in [-0.39, 0.29) is 32.8 Å². The predicted molar refractivity (Wildman–Crippen MR) is 113 cm³/mol. The molecule has 0 spiro atoms. The van der Waals surface area contributed by atoms with Crippen molar-refractivity contribution in [1.82, 2.24) is 14.5 Å². The van der Waals surface area contributed by atoms with Gasteiger partial charge in [-0.25, -0.2) is 8.42 Å². The molecule has 2 bridgehead atoms. The van der Waals surface area contributed by atoms with Crippen molar-refractivity contribution in [2.45, 2.75) is 36.2 Å². The molecule has 2 heterocycles. The van der Waals surface area contributed by atoms with E-state index in [1.54, 1.807) is 12.0 Å². The quantitative estimate of drug-likeness (QED) is 0.670. The normalized spacial score (nSPS) is 25.9. The third kappa shape index (κ3) is 4.73. The Morgan fingerprint density at radius 1 is 1.21 bits per heavy atom. The molecule has 0 radical (unpaired) electrons. The first kappa shape index (κ1) is 22.8. The molecule has 3 atom stereocenters. The van der Waals surface area contributed by atoms with Crippen molar-refractivity contribution in [3.63, 3.8) is 0 Å². The number of hydrogen-bond donors (Lipinski definition) is 1. The number of methoxy groups -OCH3 is 1. The summed E-state index contributed by atoms with van der Waals surface area (Å²) in [6.07, 6.45) is 2.02. The van der Waals surface area contributed by atoms with Crippen molar-refractivity contribution in [3.8, 4) is 0 Å². The molecule has 0 aliphatic carbocycles. The highest BCUT2D eigenvalue weighted by molar-refractivity contribution is 7.89. The fraction of sp³-hybridized carbons (Fsp3) is 0.632. The van der Waals surface area contributed by atoms with Crippen LogP contribution in [0, 0.1) is 5.92 Å². The second-order valence-electron chi connectivity index (χ2n) is 7.55. The summed E-state index contributed by atoms with van der Waals surface area (Å²) >= 11 is 12.1. The molecule has 2 fully saturated rings. The summed E-state index contributed by atoms with van der Waals surface area (Å²) in [7, 11) is -0.536. The summed E-state index contributed by atoms with van der Waals surface area (Å²) in [6.45, 7) is 1.95. The minimum Gasteiger partial charge on any atom is -0.383 e. The topological polar surface area (TPSA) is 79.0 Å². The van der Waals surface area contributed by atoms with Crippen LogP contribution in [0.5, 0.6) is 0 Å². The minimum absolute atomic E-state index is 0.0215. The summed E-state index contributed by atoms with van der Waals surface area (Å²) < 4.78 is 33.9. The highest BCUT2D eigenvalue weighted by Gasteiger charge is 2.49. The number of carbonyl (C=O) groups excluding carboxylic acids is 1. The Morgan fingerprint density at radius 2 is 1.90 bits per heavy atom. The summed E-state index contributed by atoms with van der Waals surface area (Å²) in [6, 6.07) is 3.27. The van der Waals surface area contributed by atoms with Crippen LogP contribution in [-0.2, 0) is 19.6 Å². The van der Waals surface area contributed by atoms with E-state index in [2.05, 4.69) is 5.32 Å². The van der Waals surface area contributed by atoms with Crippen LogP contribution in [0.15, 0.2) is 23.1 Å². The van der Waals surface area contributed by atoms with Gasteiger partial charge in [-0.05, 0) is 44.5 Å². The van der Waals surface area contributed by atoms with E-state index in [0.29, 0.717) is 39.1 Å². The molecule has 1 aromatic rings. The zero-order chi connectivity index (χ0) is 21.2. The summed E-state index contributed by atoms with van der Waals surface area (Å²) in [5.41, 5.74) is 0. The van der Waals surface area contributed by atoms with E-state index < -0.39 is 16.1 Å². The van der Waals surface area contributed by atoms with Crippen LogP contribution >= 0.6 is 23.2 Å². The van der Waals surface area contributed by atoms with Crippen LogP contribution in [0.3, 0.4) is 0 Å². The Kier molecular flexibility index (Phi) is 7.46. The third-order valence-corrected chi connectivity index (χ3v) is 8.00. The van der Waals surface area contributed by atoms with Gasteiger partial charge >= 0.3 is 0 Å².